The third kappa shape index (κ3) is 3.13. The van der Waals surface area contributed by atoms with Gasteiger partial charge in [-0.05, 0) is 54.6 Å². The number of aromatic nitrogens is 1. The van der Waals surface area contributed by atoms with E-state index in [1.807, 2.05) is 41.2 Å². The van der Waals surface area contributed by atoms with Crippen molar-refractivity contribution >= 4 is 5.91 Å². The van der Waals surface area contributed by atoms with Gasteiger partial charge in [0.15, 0.2) is 0 Å². The van der Waals surface area contributed by atoms with Gasteiger partial charge >= 0.3 is 0 Å². The van der Waals surface area contributed by atoms with E-state index in [0.29, 0.717) is 29.9 Å². The molecule has 0 spiro atoms. The van der Waals surface area contributed by atoms with Crippen LogP contribution in [0.2, 0.25) is 0 Å². The molecule has 1 aliphatic heterocycles. The molecule has 2 aromatic carbocycles. The van der Waals surface area contributed by atoms with E-state index in [0.717, 1.165) is 5.69 Å². The van der Waals surface area contributed by atoms with E-state index in [-0.39, 0.29) is 17.8 Å². The van der Waals surface area contributed by atoms with Crippen molar-refractivity contribution in [3.8, 4) is 11.4 Å². The summed E-state index contributed by atoms with van der Waals surface area (Å²) in [4.78, 5) is 12.6. The number of carbonyl (C=O) groups is 1. The van der Waals surface area contributed by atoms with E-state index < -0.39 is 0 Å². The van der Waals surface area contributed by atoms with Gasteiger partial charge in [-0.25, -0.2) is 4.39 Å². The lowest BCUT2D eigenvalue weighted by atomic mass is 10.00. The predicted octanol–water partition coefficient (Wildman–Crippen LogP) is 3.87. The molecule has 2 heterocycles. The molecule has 4 rings (SSSR count). The lowest BCUT2D eigenvalue weighted by molar-refractivity contribution is 0.0924. The maximum absolute atomic E-state index is 13.5. The van der Waals surface area contributed by atoms with Crippen molar-refractivity contribution in [3.05, 3.63) is 83.9 Å². The summed E-state index contributed by atoms with van der Waals surface area (Å²) >= 11 is 0. The van der Waals surface area contributed by atoms with Crippen LogP contribution in [-0.2, 0) is 0 Å². The van der Waals surface area contributed by atoms with Gasteiger partial charge in [-0.1, -0.05) is 0 Å². The molecular formula is C20H17FN2O2. The molecule has 3 aromatic rings. The number of halogens is 1. The molecule has 1 amide bonds. The van der Waals surface area contributed by atoms with E-state index in [4.69, 9.17) is 4.74 Å². The Kier molecular flexibility index (Phi) is 3.98. The van der Waals surface area contributed by atoms with Crippen LogP contribution < -0.4 is 10.1 Å². The largest absolute Gasteiger partial charge is 0.493 e. The summed E-state index contributed by atoms with van der Waals surface area (Å²) in [6.45, 7) is 0.496. The molecule has 5 heteroatoms. The summed E-state index contributed by atoms with van der Waals surface area (Å²) in [6.07, 6.45) is 4.51. The van der Waals surface area contributed by atoms with Gasteiger partial charge in [0, 0.05) is 35.6 Å². The number of benzene rings is 2. The Morgan fingerprint density at radius 2 is 1.88 bits per heavy atom. The molecule has 0 saturated heterocycles. The molecule has 0 aliphatic carbocycles. The van der Waals surface area contributed by atoms with Gasteiger partial charge in [0.05, 0.1) is 12.6 Å². The number of fused-ring (bicyclic) bond motifs is 1. The zero-order chi connectivity index (χ0) is 17.2. The molecule has 1 N–H and O–H groups in total. The van der Waals surface area contributed by atoms with Gasteiger partial charge in [0.1, 0.15) is 11.6 Å². The van der Waals surface area contributed by atoms with Crippen molar-refractivity contribution in [3.63, 3.8) is 0 Å². The summed E-state index contributed by atoms with van der Waals surface area (Å²) in [6, 6.07) is 15.4. The Morgan fingerprint density at radius 1 is 1.12 bits per heavy atom. The predicted molar refractivity (Wildman–Crippen MR) is 92.5 cm³/mol. The molecule has 0 saturated carbocycles. The second kappa shape index (κ2) is 6.43. The maximum Gasteiger partial charge on any atom is 0.251 e. The highest BCUT2D eigenvalue weighted by atomic mass is 19.1. The Bertz CT molecular complexity index is 889. The Balaban J connectivity index is 1.52. The lowest BCUT2D eigenvalue weighted by Crippen LogP contribution is -2.32. The summed E-state index contributed by atoms with van der Waals surface area (Å²) < 4.78 is 21.0. The highest BCUT2D eigenvalue weighted by Gasteiger charge is 2.24. The number of ether oxygens (including phenoxy) is 1. The normalized spacial score (nSPS) is 16.0. The second-order valence-corrected chi connectivity index (χ2v) is 5.98. The fraction of sp³-hybridized carbons (Fsp3) is 0.150. The summed E-state index contributed by atoms with van der Waals surface area (Å²) in [5.41, 5.74) is 2.24. The first-order valence-corrected chi connectivity index (χ1v) is 8.17. The van der Waals surface area contributed by atoms with Gasteiger partial charge in [-0.2, -0.15) is 0 Å². The molecule has 126 valence electrons. The number of rotatable bonds is 3. The molecule has 0 bridgehead atoms. The van der Waals surface area contributed by atoms with E-state index in [9.17, 15) is 9.18 Å². The average molecular weight is 336 g/mol. The SMILES string of the molecule is O=C(NC1CCOc2ccc(F)cc21)c1ccc(-n2cccc2)cc1. The minimum absolute atomic E-state index is 0.179. The first kappa shape index (κ1) is 15.4. The molecule has 1 aromatic heterocycles. The number of nitrogens with zero attached hydrogens (tertiary/aromatic N) is 1. The van der Waals surface area contributed by atoms with Crippen molar-refractivity contribution in [1.29, 1.82) is 0 Å². The van der Waals surface area contributed by atoms with E-state index in [1.165, 1.54) is 12.1 Å². The van der Waals surface area contributed by atoms with Crippen molar-refractivity contribution in [1.82, 2.24) is 9.88 Å². The topological polar surface area (TPSA) is 43.3 Å². The van der Waals surface area contributed by atoms with Crippen LogP contribution in [0.4, 0.5) is 4.39 Å². The Labute approximate surface area is 144 Å². The first-order chi connectivity index (χ1) is 12.2. The van der Waals surface area contributed by atoms with Gasteiger partial charge in [0.2, 0.25) is 0 Å². The van der Waals surface area contributed by atoms with Gasteiger partial charge < -0.3 is 14.6 Å². The van der Waals surface area contributed by atoms with Crippen LogP contribution in [0.15, 0.2) is 67.0 Å². The van der Waals surface area contributed by atoms with Crippen LogP contribution in [0.1, 0.15) is 28.4 Å². The van der Waals surface area contributed by atoms with Crippen LogP contribution >= 0.6 is 0 Å². The molecule has 0 radical (unpaired) electrons. The highest BCUT2D eigenvalue weighted by molar-refractivity contribution is 5.94. The summed E-state index contributed by atoms with van der Waals surface area (Å²) in [5.74, 6) is 0.113. The van der Waals surface area contributed by atoms with Crippen molar-refractivity contribution in [2.75, 3.05) is 6.61 Å². The lowest BCUT2D eigenvalue weighted by Gasteiger charge is -2.26. The molecule has 0 fully saturated rings. The van der Waals surface area contributed by atoms with Gasteiger partial charge in [-0.15, -0.1) is 0 Å². The van der Waals surface area contributed by atoms with Crippen LogP contribution in [0, 0.1) is 5.82 Å². The van der Waals surface area contributed by atoms with Crippen LogP contribution in [0.3, 0.4) is 0 Å². The minimum Gasteiger partial charge on any atom is -0.493 e. The van der Waals surface area contributed by atoms with Gasteiger partial charge in [-0.3, -0.25) is 4.79 Å². The van der Waals surface area contributed by atoms with Gasteiger partial charge in [0.25, 0.3) is 5.91 Å². The third-order valence-corrected chi connectivity index (χ3v) is 4.35. The third-order valence-electron chi connectivity index (χ3n) is 4.35. The van der Waals surface area contributed by atoms with E-state index in [2.05, 4.69) is 5.32 Å². The Hall–Kier alpha value is -3.08. The number of hydrogen-bond acceptors (Lipinski definition) is 2. The maximum atomic E-state index is 13.5. The van der Waals surface area contributed by atoms with Crippen LogP contribution in [0.5, 0.6) is 5.75 Å². The molecule has 1 atom stereocenters. The smallest absolute Gasteiger partial charge is 0.251 e. The zero-order valence-corrected chi connectivity index (χ0v) is 13.5. The fourth-order valence-electron chi connectivity index (χ4n) is 3.05. The number of amides is 1. The number of carbonyl (C=O) groups excluding carboxylic acids is 1. The average Bonchev–Trinajstić information content (AvgIpc) is 3.17. The first-order valence-electron chi connectivity index (χ1n) is 8.17. The van der Waals surface area contributed by atoms with Crippen molar-refractivity contribution in [2.45, 2.75) is 12.5 Å². The molecule has 1 unspecified atom stereocenters. The number of hydrogen-bond donors (Lipinski definition) is 1. The number of nitrogens with one attached hydrogen (secondary N) is 1. The molecule has 1 aliphatic rings. The fourth-order valence-corrected chi connectivity index (χ4v) is 3.05. The van der Waals surface area contributed by atoms with Crippen molar-refractivity contribution < 1.29 is 13.9 Å². The second-order valence-electron chi connectivity index (χ2n) is 5.98. The quantitative estimate of drug-likeness (QED) is 0.789. The summed E-state index contributed by atoms with van der Waals surface area (Å²) in [5, 5.41) is 2.98. The van der Waals surface area contributed by atoms with E-state index >= 15 is 0 Å². The standard InChI is InChI=1S/C20H17FN2O2/c21-15-5-8-19-17(13-15)18(9-12-25-19)22-20(24)14-3-6-16(7-4-14)23-10-1-2-11-23/h1-8,10-11,13,18H,9,12H2,(H,22,24). The zero-order valence-electron chi connectivity index (χ0n) is 13.5. The molecule has 25 heavy (non-hydrogen) atoms. The minimum atomic E-state index is -0.334. The van der Waals surface area contributed by atoms with Crippen LogP contribution in [0.25, 0.3) is 5.69 Å². The van der Waals surface area contributed by atoms with E-state index in [1.54, 1.807) is 18.2 Å². The molecule has 4 nitrogen and oxygen atoms in total. The summed E-state index contributed by atoms with van der Waals surface area (Å²) in [7, 11) is 0. The highest BCUT2D eigenvalue weighted by Crippen LogP contribution is 2.32. The molecular weight excluding hydrogens is 319 g/mol. The van der Waals surface area contributed by atoms with Crippen LogP contribution in [-0.4, -0.2) is 17.1 Å². The van der Waals surface area contributed by atoms with Crippen molar-refractivity contribution in [2.24, 2.45) is 0 Å². The monoisotopic (exact) mass is 336 g/mol. The Morgan fingerprint density at radius 3 is 2.64 bits per heavy atom.